The van der Waals surface area contributed by atoms with Crippen molar-refractivity contribution in [3.8, 4) is 11.5 Å². The van der Waals surface area contributed by atoms with Crippen LogP contribution >= 0.6 is 0 Å². The normalized spacial score (nSPS) is 16.2. The number of phenolic OH excluding ortho intramolecular Hbond substituents is 2. The Morgan fingerprint density at radius 2 is 1.72 bits per heavy atom. The molecule has 0 aromatic heterocycles. The van der Waals surface area contributed by atoms with Crippen molar-refractivity contribution in [2.45, 2.75) is 104 Å². The molecule has 3 N–H and O–H groups in total. The number of fused-ring (bicyclic) bond motifs is 1. The number of rotatable bonds is 11. The molecule has 0 spiro atoms. The van der Waals surface area contributed by atoms with E-state index in [1.54, 1.807) is 11.0 Å². The minimum Gasteiger partial charge on any atom is -0.508 e. The molecule has 1 aliphatic carbocycles. The number of hydrogen-bond acceptors (Lipinski definition) is 6. The quantitative estimate of drug-likeness (QED) is 0.248. The fourth-order valence-electron chi connectivity index (χ4n) is 5.70. The zero-order valence-corrected chi connectivity index (χ0v) is 23.8. The molecule has 1 amide bonds. The lowest BCUT2D eigenvalue weighted by atomic mass is 9.98. The Balaban J connectivity index is 1.31. The molecule has 0 bridgehead atoms. The number of phenols is 2. The van der Waals surface area contributed by atoms with E-state index in [0.29, 0.717) is 24.6 Å². The van der Waals surface area contributed by atoms with Crippen molar-refractivity contribution in [1.29, 1.82) is 0 Å². The van der Waals surface area contributed by atoms with E-state index >= 15 is 0 Å². The molecule has 7 heteroatoms. The van der Waals surface area contributed by atoms with Crippen molar-refractivity contribution < 1.29 is 24.5 Å². The molecule has 1 aliphatic heterocycles. The number of aromatic hydroxyl groups is 2. The molecular weight excluding hydrogens is 492 g/mol. The number of nitrogens with zero attached hydrogens (tertiary/aromatic N) is 1. The lowest BCUT2D eigenvalue weighted by molar-refractivity contribution is -0.151. The van der Waals surface area contributed by atoms with E-state index in [1.165, 1.54) is 11.6 Å². The lowest BCUT2D eigenvalue weighted by Gasteiger charge is -2.21. The van der Waals surface area contributed by atoms with E-state index in [1.807, 2.05) is 13.8 Å². The number of esters is 1. The monoisotopic (exact) mass is 536 g/mol. The number of amides is 1. The molecule has 39 heavy (non-hydrogen) atoms. The maximum atomic E-state index is 13.3. The first-order valence-electron chi connectivity index (χ1n) is 14.5. The van der Waals surface area contributed by atoms with E-state index in [9.17, 15) is 19.8 Å². The molecule has 0 saturated heterocycles. The topological polar surface area (TPSA) is 99.1 Å². The third-order valence-electron chi connectivity index (χ3n) is 7.89. The zero-order chi connectivity index (χ0) is 28.1. The smallest absolute Gasteiger partial charge is 0.323 e. The Bertz CT molecular complexity index is 1170. The van der Waals surface area contributed by atoms with Crippen molar-refractivity contribution in [3.63, 3.8) is 0 Å². The van der Waals surface area contributed by atoms with Crippen LogP contribution in [-0.2, 0) is 29.0 Å². The molecule has 212 valence electrons. The average Bonchev–Trinajstić information content (AvgIpc) is 3.54. The number of carbonyl (C=O) groups excluding carboxylic acids is 2. The Morgan fingerprint density at radius 1 is 1.00 bits per heavy atom. The summed E-state index contributed by atoms with van der Waals surface area (Å²) >= 11 is 0. The molecule has 1 saturated carbocycles. The molecular formula is C32H44N2O5. The molecule has 1 atom stereocenters. The number of aryl methyl sites for hydroxylation is 1. The molecule has 7 nitrogen and oxygen atoms in total. The number of hydrogen-bond donors (Lipinski definition) is 3. The number of carbonyl (C=O) groups is 2. The zero-order valence-electron chi connectivity index (χ0n) is 23.8. The van der Waals surface area contributed by atoms with Gasteiger partial charge in [-0.3, -0.25) is 9.59 Å². The summed E-state index contributed by atoms with van der Waals surface area (Å²) in [7, 11) is 0. The molecule has 1 fully saturated rings. The highest BCUT2D eigenvalue weighted by molar-refractivity contribution is 5.97. The van der Waals surface area contributed by atoms with E-state index in [4.69, 9.17) is 4.74 Å². The van der Waals surface area contributed by atoms with Gasteiger partial charge in [0.2, 0.25) is 0 Å². The highest BCUT2D eigenvalue weighted by Crippen LogP contribution is 2.34. The summed E-state index contributed by atoms with van der Waals surface area (Å²) < 4.78 is 5.77. The van der Waals surface area contributed by atoms with Gasteiger partial charge in [0, 0.05) is 19.2 Å². The summed E-state index contributed by atoms with van der Waals surface area (Å²) in [5.74, 6) is -0.113. The first-order chi connectivity index (χ1) is 18.6. The Kier molecular flexibility index (Phi) is 9.54. The van der Waals surface area contributed by atoms with Crippen molar-refractivity contribution in [3.05, 3.63) is 58.1 Å². The van der Waals surface area contributed by atoms with Gasteiger partial charge < -0.3 is 25.2 Å². The van der Waals surface area contributed by atoms with Crippen LogP contribution in [0.3, 0.4) is 0 Å². The van der Waals surface area contributed by atoms with Crippen LogP contribution in [0.4, 0.5) is 0 Å². The summed E-state index contributed by atoms with van der Waals surface area (Å²) in [6, 6.07) is 8.97. The maximum absolute atomic E-state index is 13.3. The molecule has 2 aromatic carbocycles. The molecule has 0 radical (unpaired) electrons. The second-order valence-electron chi connectivity index (χ2n) is 11.9. The summed E-state index contributed by atoms with van der Waals surface area (Å²) in [4.78, 5) is 27.8. The van der Waals surface area contributed by atoms with Crippen LogP contribution in [0, 0.1) is 5.92 Å². The van der Waals surface area contributed by atoms with Crippen molar-refractivity contribution >= 4 is 11.9 Å². The van der Waals surface area contributed by atoms with Crippen molar-refractivity contribution in [2.24, 2.45) is 5.92 Å². The van der Waals surface area contributed by atoms with Gasteiger partial charge in [0.25, 0.3) is 5.91 Å². The largest absolute Gasteiger partial charge is 0.508 e. The SMILES string of the molecule is CC(C)C[C@@H](NCCCc1ccc2c(c1)CN(C(=O)c1cc(C(C)C)c(O)cc1O)C2)C(=O)OC1CCCC1. The van der Waals surface area contributed by atoms with E-state index in [0.717, 1.165) is 62.6 Å². The fourth-order valence-corrected chi connectivity index (χ4v) is 5.70. The van der Waals surface area contributed by atoms with E-state index in [-0.39, 0.29) is 47.0 Å². The first-order valence-corrected chi connectivity index (χ1v) is 14.5. The summed E-state index contributed by atoms with van der Waals surface area (Å²) in [5.41, 5.74) is 4.30. The Labute approximate surface area is 232 Å². The standard InChI is InChI=1S/C32H44N2O5/c1-20(2)14-28(32(38)39-25-9-5-6-10-25)33-13-7-8-22-11-12-23-18-34(19-24(23)15-22)31(37)27-16-26(21(3)4)29(35)17-30(27)36/h11-12,15-17,20-21,25,28,33,35-36H,5-10,13-14,18-19H2,1-4H3/t28-/m1/s1. The predicted octanol–water partition coefficient (Wildman–Crippen LogP) is 5.80. The van der Waals surface area contributed by atoms with E-state index in [2.05, 4.69) is 37.4 Å². The van der Waals surface area contributed by atoms with Crippen LogP contribution in [0.2, 0.25) is 0 Å². The van der Waals surface area contributed by atoms with Gasteiger partial charge in [-0.25, -0.2) is 0 Å². The van der Waals surface area contributed by atoms with Crippen LogP contribution in [-0.4, -0.2) is 45.7 Å². The minimum atomic E-state index is -0.266. The molecule has 0 unspecified atom stereocenters. The van der Waals surface area contributed by atoms with Gasteiger partial charge in [-0.15, -0.1) is 0 Å². The van der Waals surface area contributed by atoms with Gasteiger partial charge >= 0.3 is 5.97 Å². The lowest BCUT2D eigenvalue weighted by Crippen LogP contribution is -2.41. The molecule has 1 heterocycles. The average molecular weight is 537 g/mol. The van der Waals surface area contributed by atoms with Gasteiger partial charge in [0.15, 0.2) is 0 Å². The number of benzene rings is 2. The van der Waals surface area contributed by atoms with Crippen molar-refractivity contribution in [1.82, 2.24) is 10.2 Å². The summed E-state index contributed by atoms with van der Waals surface area (Å²) in [6.07, 6.45) is 6.87. The third kappa shape index (κ3) is 7.33. The van der Waals surface area contributed by atoms with Gasteiger partial charge in [-0.2, -0.15) is 0 Å². The van der Waals surface area contributed by atoms with Gasteiger partial charge in [0.05, 0.1) is 5.56 Å². The van der Waals surface area contributed by atoms with Crippen LogP contribution in [0.5, 0.6) is 11.5 Å². The second-order valence-corrected chi connectivity index (χ2v) is 11.9. The molecule has 2 aromatic rings. The summed E-state index contributed by atoms with van der Waals surface area (Å²) in [5, 5.41) is 23.9. The van der Waals surface area contributed by atoms with Crippen LogP contribution in [0.15, 0.2) is 30.3 Å². The fraction of sp³-hybridized carbons (Fsp3) is 0.562. The van der Waals surface area contributed by atoms with Gasteiger partial charge in [-0.05, 0) is 91.6 Å². The van der Waals surface area contributed by atoms with Crippen molar-refractivity contribution in [2.75, 3.05) is 6.54 Å². The number of nitrogens with one attached hydrogen (secondary N) is 1. The Hall–Kier alpha value is -3.06. The first kappa shape index (κ1) is 28.9. The van der Waals surface area contributed by atoms with E-state index < -0.39 is 0 Å². The van der Waals surface area contributed by atoms with Crippen LogP contribution < -0.4 is 5.32 Å². The third-order valence-corrected chi connectivity index (χ3v) is 7.89. The van der Waals surface area contributed by atoms with Gasteiger partial charge in [0.1, 0.15) is 23.6 Å². The molecule has 2 aliphatic rings. The van der Waals surface area contributed by atoms with Gasteiger partial charge in [-0.1, -0.05) is 45.9 Å². The number of ether oxygens (including phenoxy) is 1. The highest BCUT2D eigenvalue weighted by atomic mass is 16.5. The predicted molar refractivity (Wildman–Crippen MR) is 152 cm³/mol. The summed E-state index contributed by atoms with van der Waals surface area (Å²) in [6.45, 7) is 9.85. The highest BCUT2D eigenvalue weighted by Gasteiger charge is 2.28. The van der Waals surface area contributed by atoms with Crippen LogP contribution in [0.1, 0.15) is 105 Å². The second kappa shape index (κ2) is 12.9. The van der Waals surface area contributed by atoms with Crippen LogP contribution in [0.25, 0.3) is 0 Å². The maximum Gasteiger partial charge on any atom is 0.323 e. The molecule has 4 rings (SSSR count). The minimum absolute atomic E-state index is 0.00382. The Morgan fingerprint density at radius 3 is 2.41 bits per heavy atom.